The van der Waals surface area contributed by atoms with Crippen molar-refractivity contribution in [2.75, 3.05) is 6.54 Å². The Morgan fingerprint density at radius 3 is 2.39 bits per heavy atom. The average Bonchev–Trinajstić information content (AvgIpc) is 3.29. The molecule has 1 aromatic heterocycles. The number of aromatic nitrogens is 2. The lowest BCUT2D eigenvalue weighted by atomic mass is 10.0. The minimum Gasteiger partial charge on any atom is -0.480 e. The van der Waals surface area contributed by atoms with Gasteiger partial charge in [-0.3, -0.25) is 15.0 Å². The molecule has 12 nitrogen and oxygen atoms in total. The molecule has 2 amide bonds. The normalized spacial score (nSPS) is 13.4. The number of benzene rings is 1. The lowest BCUT2D eigenvalue weighted by Crippen LogP contribution is -2.55. The topological polar surface area (TPSA) is 212 Å². The summed E-state index contributed by atoms with van der Waals surface area (Å²) in [6, 6.07) is 5.77. The number of carbonyl (C=O) groups excluding carboxylic acids is 2. The first-order chi connectivity index (χ1) is 15.8. The molecule has 0 spiro atoms. The summed E-state index contributed by atoms with van der Waals surface area (Å²) in [5.74, 6) is -2.57. The fraction of sp³-hybridized carbons (Fsp3) is 0.381. The molecule has 3 atom stereocenters. The van der Waals surface area contributed by atoms with Gasteiger partial charge < -0.3 is 37.5 Å². The van der Waals surface area contributed by atoms with Crippen LogP contribution in [0.2, 0.25) is 0 Å². The summed E-state index contributed by atoms with van der Waals surface area (Å²) < 4.78 is 0. The van der Waals surface area contributed by atoms with Crippen LogP contribution < -0.4 is 27.4 Å². The van der Waals surface area contributed by atoms with Crippen LogP contribution in [0.1, 0.15) is 24.1 Å². The summed E-state index contributed by atoms with van der Waals surface area (Å²) in [5.41, 5.74) is 12.4. The number of aromatic amines is 1. The number of carboxylic acids is 1. The van der Waals surface area contributed by atoms with Gasteiger partial charge in [0.15, 0.2) is 5.96 Å². The molecule has 0 saturated heterocycles. The van der Waals surface area contributed by atoms with E-state index in [1.54, 1.807) is 30.5 Å². The molecule has 33 heavy (non-hydrogen) atoms. The molecule has 0 unspecified atom stereocenters. The van der Waals surface area contributed by atoms with Crippen molar-refractivity contribution in [1.82, 2.24) is 25.9 Å². The quantitative estimate of drug-likeness (QED) is 0.104. The molecule has 0 saturated carbocycles. The SMILES string of the molecule is N=C(N)NCCC[C@H](N)C(=O)N[C@@H](Cc1c[nH]cn1)C(=O)N[C@@H](Cc1ccccc1)C(=O)O. The third kappa shape index (κ3) is 8.99. The molecule has 0 fully saturated rings. The van der Waals surface area contributed by atoms with E-state index in [9.17, 15) is 19.5 Å². The molecule has 1 aromatic carbocycles. The number of amides is 2. The summed E-state index contributed by atoms with van der Waals surface area (Å²) in [4.78, 5) is 44.1. The number of carboxylic acid groups (broad SMARTS) is 1. The molecule has 12 heteroatoms. The Morgan fingerprint density at radius 2 is 1.79 bits per heavy atom. The Balaban J connectivity index is 2.03. The van der Waals surface area contributed by atoms with Crippen molar-refractivity contribution in [1.29, 1.82) is 5.41 Å². The zero-order valence-corrected chi connectivity index (χ0v) is 18.1. The number of rotatable bonds is 13. The highest BCUT2D eigenvalue weighted by molar-refractivity contribution is 5.92. The van der Waals surface area contributed by atoms with Gasteiger partial charge in [0.2, 0.25) is 11.8 Å². The van der Waals surface area contributed by atoms with Gasteiger partial charge in [-0.25, -0.2) is 9.78 Å². The first kappa shape index (κ1) is 25.3. The van der Waals surface area contributed by atoms with Gasteiger partial charge in [-0.05, 0) is 18.4 Å². The van der Waals surface area contributed by atoms with Gasteiger partial charge >= 0.3 is 5.97 Å². The van der Waals surface area contributed by atoms with Crippen LogP contribution in [0.4, 0.5) is 0 Å². The number of carbonyl (C=O) groups is 3. The molecule has 2 rings (SSSR count). The van der Waals surface area contributed by atoms with Gasteiger partial charge in [-0.2, -0.15) is 0 Å². The summed E-state index contributed by atoms with van der Waals surface area (Å²) in [7, 11) is 0. The molecule has 0 aliphatic carbocycles. The second kappa shape index (κ2) is 12.8. The van der Waals surface area contributed by atoms with Crippen LogP contribution in [0.25, 0.3) is 0 Å². The minimum atomic E-state index is -1.19. The van der Waals surface area contributed by atoms with E-state index >= 15 is 0 Å². The van der Waals surface area contributed by atoms with Crippen molar-refractivity contribution >= 4 is 23.7 Å². The summed E-state index contributed by atoms with van der Waals surface area (Å²) in [6.07, 6.45) is 3.95. The molecule has 1 heterocycles. The summed E-state index contributed by atoms with van der Waals surface area (Å²) in [5, 5.41) is 24.4. The number of hydrogen-bond donors (Lipinski definition) is 8. The monoisotopic (exact) mass is 458 g/mol. The fourth-order valence-corrected chi connectivity index (χ4v) is 3.10. The largest absolute Gasteiger partial charge is 0.480 e. The van der Waals surface area contributed by atoms with Crippen molar-refractivity contribution in [3.05, 3.63) is 54.1 Å². The van der Waals surface area contributed by atoms with Crippen LogP contribution in [-0.2, 0) is 27.2 Å². The van der Waals surface area contributed by atoms with E-state index < -0.39 is 35.9 Å². The van der Waals surface area contributed by atoms with E-state index in [-0.39, 0.29) is 18.8 Å². The highest BCUT2D eigenvalue weighted by Gasteiger charge is 2.28. The molecular formula is C21H30N8O4. The van der Waals surface area contributed by atoms with E-state index in [0.717, 1.165) is 5.56 Å². The minimum absolute atomic E-state index is 0.0529. The Hall–Kier alpha value is -3.93. The number of nitrogens with one attached hydrogen (secondary N) is 5. The number of H-pyrrole nitrogens is 1. The molecule has 0 radical (unpaired) electrons. The molecule has 2 aromatic rings. The number of hydrogen-bond acceptors (Lipinski definition) is 6. The van der Waals surface area contributed by atoms with E-state index in [2.05, 4.69) is 25.9 Å². The smallest absolute Gasteiger partial charge is 0.326 e. The number of nitrogens with two attached hydrogens (primary N) is 2. The second-order valence-corrected chi connectivity index (χ2v) is 7.50. The predicted molar refractivity (Wildman–Crippen MR) is 121 cm³/mol. The second-order valence-electron chi connectivity index (χ2n) is 7.50. The zero-order valence-electron chi connectivity index (χ0n) is 18.1. The molecule has 178 valence electrons. The first-order valence-electron chi connectivity index (χ1n) is 10.4. The van der Waals surface area contributed by atoms with Gasteiger partial charge in [0.25, 0.3) is 0 Å². The van der Waals surface area contributed by atoms with Crippen LogP contribution in [0.5, 0.6) is 0 Å². The van der Waals surface area contributed by atoms with Crippen molar-refractivity contribution in [2.45, 2.75) is 43.8 Å². The van der Waals surface area contributed by atoms with E-state index in [1.165, 1.54) is 6.33 Å². The molecular weight excluding hydrogens is 428 g/mol. The summed E-state index contributed by atoms with van der Waals surface area (Å²) >= 11 is 0. The number of imidazole rings is 1. The number of nitrogens with zero attached hydrogens (tertiary/aromatic N) is 1. The Labute approximate surface area is 191 Å². The lowest BCUT2D eigenvalue weighted by molar-refractivity contribution is -0.142. The molecule has 10 N–H and O–H groups in total. The van der Waals surface area contributed by atoms with Crippen LogP contribution in [0, 0.1) is 5.41 Å². The number of aliphatic carboxylic acids is 1. The maximum atomic E-state index is 13.0. The van der Waals surface area contributed by atoms with Crippen molar-refractivity contribution < 1.29 is 19.5 Å². The number of guanidine groups is 1. The highest BCUT2D eigenvalue weighted by Crippen LogP contribution is 2.06. The first-order valence-corrected chi connectivity index (χ1v) is 10.4. The standard InChI is InChI=1S/C21H30N8O4/c22-15(7-4-8-26-21(23)24)18(30)28-16(10-14-11-25-12-27-14)19(31)29-17(20(32)33)9-13-5-2-1-3-6-13/h1-3,5-6,11-12,15-17H,4,7-10,22H2,(H,25,27)(H,28,30)(H,29,31)(H,32,33)(H4,23,24,26)/t15-,16-,17-/m0/s1. The van der Waals surface area contributed by atoms with E-state index in [4.69, 9.17) is 16.9 Å². The third-order valence-electron chi connectivity index (χ3n) is 4.84. The molecule has 0 aliphatic heterocycles. The summed E-state index contributed by atoms with van der Waals surface area (Å²) in [6.45, 7) is 0.382. The molecule has 0 aliphatic rings. The Bertz CT molecular complexity index is 920. The van der Waals surface area contributed by atoms with Gasteiger partial charge in [-0.1, -0.05) is 30.3 Å². The maximum absolute atomic E-state index is 13.0. The fourth-order valence-electron chi connectivity index (χ4n) is 3.10. The Kier molecular flexibility index (Phi) is 9.83. The van der Waals surface area contributed by atoms with Gasteiger partial charge in [0.05, 0.1) is 18.1 Å². The maximum Gasteiger partial charge on any atom is 0.326 e. The molecule has 0 bridgehead atoms. The van der Waals surface area contributed by atoms with Crippen LogP contribution in [0.15, 0.2) is 42.9 Å². The average molecular weight is 459 g/mol. The van der Waals surface area contributed by atoms with Crippen molar-refractivity contribution in [3.63, 3.8) is 0 Å². The van der Waals surface area contributed by atoms with Crippen LogP contribution in [0.3, 0.4) is 0 Å². The lowest BCUT2D eigenvalue weighted by Gasteiger charge is -2.22. The van der Waals surface area contributed by atoms with Gasteiger partial charge in [-0.15, -0.1) is 0 Å². The van der Waals surface area contributed by atoms with Gasteiger partial charge in [0, 0.05) is 25.6 Å². The van der Waals surface area contributed by atoms with Gasteiger partial charge in [0.1, 0.15) is 12.1 Å². The van der Waals surface area contributed by atoms with Crippen molar-refractivity contribution in [2.24, 2.45) is 11.5 Å². The Morgan fingerprint density at radius 1 is 1.09 bits per heavy atom. The van der Waals surface area contributed by atoms with Crippen LogP contribution in [-0.4, -0.2) is 63.5 Å². The van der Waals surface area contributed by atoms with Crippen molar-refractivity contribution in [3.8, 4) is 0 Å². The van der Waals surface area contributed by atoms with Crippen LogP contribution >= 0.6 is 0 Å². The third-order valence-corrected chi connectivity index (χ3v) is 4.84. The highest BCUT2D eigenvalue weighted by atomic mass is 16.4. The predicted octanol–water partition coefficient (Wildman–Crippen LogP) is -1.16. The zero-order chi connectivity index (χ0) is 24.2. The van der Waals surface area contributed by atoms with E-state index in [1.807, 2.05) is 6.07 Å². The van der Waals surface area contributed by atoms with E-state index in [0.29, 0.717) is 25.1 Å².